The number of thioether (sulfide) groups is 1. The summed E-state index contributed by atoms with van der Waals surface area (Å²) >= 11 is 1.67. The predicted octanol–water partition coefficient (Wildman–Crippen LogP) is 1.58. The summed E-state index contributed by atoms with van der Waals surface area (Å²) < 4.78 is 24.4. The molecule has 0 unspecified atom stereocenters. The number of rotatable bonds is 5. The van der Waals surface area contributed by atoms with Crippen molar-refractivity contribution in [3.8, 4) is 11.5 Å². The van der Waals surface area contributed by atoms with Crippen molar-refractivity contribution >= 4 is 17.7 Å². The van der Waals surface area contributed by atoms with Gasteiger partial charge in [0.1, 0.15) is 18.5 Å². The van der Waals surface area contributed by atoms with Crippen LogP contribution in [0, 0.1) is 5.82 Å². The molecule has 1 fully saturated rings. The van der Waals surface area contributed by atoms with Crippen molar-refractivity contribution in [3.05, 3.63) is 40.6 Å². The number of halogens is 1. The van der Waals surface area contributed by atoms with Crippen LogP contribution >= 0.6 is 11.8 Å². The van der Waals surface area contributed by atoms with Gasteiger partial charge in [0.2, 0.25) is 5.89 Å². The van der Waals surface area contributed by atoms with Crippen LogP contribution < -0.4 is 5.76 Å². The van der Waals surface area contributed by atoms with Gasteiger partial charge >= 0.3 is 11.7 Å². The molecule has 25 heavy (non-hydrogen) atoms. The summed E-state index contributed by atoms with van der Waals surface area (Å²) in [4.78, 5) is 26.0. The molecule has 1 aromatic heterocycles. The van der Waals surface area contributed by atoms with Crippen LogP contribution in [0.3, 0.4) is 0 Å². The summed E-state index contributed by atoms with van der Waals surface area (Å²) in [5, 5.41) is 4.16. The molecule has 3 rings (SSSR count). The van der Waals surface area contributed by atoms with Crippen molar-refractivity contribution in [3.63, 3.8) is 0 Å². The van der Waals surface area contributed by atoms with Crippen LogP contribution in [0.4, 0.5) is 4.39 Å². The normalized spacial score (nSPS) is 18.2. The summed E-state index contributed by atoms with van der Waals surface area (Å²) in [6.07, 6.45) is 0. The maximum atomic E-state index is 13.0. The first-order chi connectivity index (χ1) is 12.1. The molecule has 0 radical (unpaired) electrons. The lowest BCUT2D eigenvalue weighted by Crippen LogP contribution is -2.49. The Hall–Kier alpha value is -2.13. The molecule has 0 N–H and O–H groups in total. The van der Waals surface area contributed by atoms with Gasteiger partial charge in [0.05, 0.1) is 6.61 Å². The first-order valence-corrected chi connectivity index (χ1v) is 9.06. The summed E-state index contributed by atoms with van der Waals surface area (Å²) in [7, 11) is 0. The standard InChI is InChI=1S/C16H18FN3O4S/c1-2-23-15(21)13-9-25-8-7-19(13)10-20-16(22)24-14(18-20)11-3-5-12(17)6-4-11/h3-6,13H,2,7-10H2,1H3/t13-/m0/s1. The fourth-order valence-corrected chi connectivity index (χ4v) is 3.64. The largest absolute Gasteiger partial charge is 0.465 e. The zero-order chi connectivity index (χ0) is 17.8. The lowest BCUT2D eigenvalue weighted by molar-refractivity contribution is -0.149. The Kier molecular flexibility index (Phi) is 5.54. The van der Waals surface area contributed by atoms with Crippen molar-refractivity contribution in [1.29, 1.82) is 0 Å². The third-order valence-electron chi connectivity index (χ3n) is 3.81. The number of aromatic nitrogens is 2. The van der Waals surface area contributed by atoms with E-state index < -0.39 is 11.8 Å². The van der Waals surface area contributed by atoms with Gasteiger partial charge in [-0.1, -0.05) is 0 Å². The summed E-state index contributed by atoms with van der Waals surface area (Å²) in [6.45, 7) is 2.84. The number of carbonyl (C=O) groups is 1. The maximum absolute atomic E-state index is 13.0. The molecule has 9 heteroatoms. The number of carbonyl (C=O) groups excluding carboxylic acids is 1. The molecule has 2 heterocycles. The zero-order valence-electron chi connectivity index (χ0n) is 13.7. The van der Waals surface area contributed by atoms with Crippen LogP contribution in [0.15, 0.2) is 33.5 Å². The van der Waals surface area contributed by atoms with Crippen LogP contribution in [-0.4, -0.2) is 51.3 Å². The minimum Gasteiger partial charge on any atom is -0.465 e. The molecule has 1 saturated heterocycles. The van der Waals surface area contributed by atoms with Gasteiger partial charge in [-0.05, 0) is 31.2 Å². The highest BCUT2D eigenvalue weighted by Crippen LogP contribution is 2.19. The highest BCUT2D eigenvalue weighted by Gasteiger charge is 2.31. The summed E-state index contributed by atoms with van der Waals surface area (Å²) in [5.41, 5.74) is 0.508. The van der Waals surface area contributed by atoms with E-state index >= 15 is 0 Å². The molecule has 1 aliphatic heterocycles. The number of nitrogens with zero attached hydrogens (tertiary/aromatic N) is 3. The number of hydrogen-bond acceptors (Lipinski definition) is 7. The minimum atomic E-state index is -0.625. The van der Waals surface area contributed by atoms with Gasteiger partial charge in [-0.3, -0.25) is 9.69 Å². The molecule has 1 aromatic carbocycles. The molecule has 0 saturated carbocycles. The van der Waals surface area contributed by atoms with Crippen molar-refractivity contribution in [2.24, 2.45) is 0 Å². The van der Waals surface area contributed by atoms with Crippen molar-refractivity contribution in [2.45, 2.75) is 19.6 Å². The summed E-state index contributed by atoms with van der Waals surface area (Å²) in [5.74, 6) is 0.270. The molecule has 0 spiro atoms. The van der Waals surface area contributed by atoms with E-state index in [4.69, 9.17) is 9.15 Å². The van der Waals surface area contributed by atoms with Gasteiger partial charge in [0, 0.05) is 23.6 Å². The molecule has 134 valence electrons. The first-order valence-electron chi connectivity index (χ1n) is 7.91. The van der Waals surface area contributed by atoms with Gasteiger partial charge in [0.15, 0.2) is 0 Å². The van der Waals surface area contributed by atoms with Crippen LogP contribution in [0.2, 0.25) is 0 Å². The second-order valence-electron chi connectivity index (χ2n) is 5.48. The van der Waals surface area contributed by atoms with E-state index in [1.165, 1.54) is 28.9 Å². The average Bonchev–Trinajstić information content (AvgIpc) is 2.97. The third kappa shape index (κ3) is 4.10. The van der Waals surface area contributed by atoms with Crippen molar-refractivity contribution in [1.82, 2.24) is 14.7 Å². The predicted molar refractivity (Wildman–Crippen MR) is 90.6 cm³/mol. The van der Waals surface area contributed by atoms with Crippen LogP contribution in [0.25, 0.3) is 11.5 Å². The monoisotopic (exact) mass is 367 g/mol. The Labute approximate surface area is 147 Å². The van der Waals surface area contributed by atoms with Crippen LogP contribution in [0.5, 0.6) is 0 Å². The molecule has 0 bridgehead atoms. The van der Waals surface area contributed by atoms with E-state index in [0.29, 0.717) is 24.5 Å². The molecule has 2 aromatic rings. The topological polar surface area (TPSA) is 77.6 Å². The number of ether oxygens (including phenoxy) is 1. The highest BCUT2D eigenvalue weighted by molar-refractivity contribution is 7.99. The van der Waals surface area contributed by atoms with Crippen LogP contribution in [0.1, 0.15) is 6.92 Å². The lowest BCUT2D eigenvalue weighted by atomic mass is 10.2. The molecule has 1 aliphatic rings. The van der Waals surface area contributed by atoms with E-state index in [1.807, 2.05) is 4.90 Å². The molecule has 1 atom stereocenters. The Morgan fingerprint density at radius 2 is 2.20 bits per heavy atom. The second-order valence-corrected chi connectivity index (χ2v) is 6.63. The average molecular weight is 367 g/mol. The first kappa shape index (κ1) is 17.7. The van der Waals surface area contributed by atoms with Gasteiger partial charge in [-0.2, -0.15) is 16.4 Å². The number of hydrogen-bond donors (Lipinski definition) is 0. The SMILES string of the molecule is CCOC(=O)[C@@H]1CSCCN1Cn1nc(-c2ccc(F)cc2)oc1=O. The lowest BCUT2D eigenvalue weighted by Gasteiger charge is -2.32. The van der Waals surface area contributed by atoms with E-state index in [2.05, 4.69) is 5.10 Å². The third-order valence-corrected chi connectivity index (χ3v) is 4.83. The van der Waals surface area contributed by atoms with E-state index in [1.54, 1.807) is 18.7 Å². The quantitative estimate of drug-likeness (QED) is 0.743. The summed E-state index contributed by atoms with van der Waals surface area (Å²) in [6, 6.07) is 5.10. The van der Waals surface area contributed by atoms with Crippen LogP contribution in [-0.2, 0) is 16.2 Å². The van der Waals surface area contributed by atoms with E-state index in [-0.39, 0.29) is 24.3 Å². The smallest absolute Gasteiger partial charge is 0.438 e. The zero-order valence-corrected chi connectivity index (χ0v) is 14.5. The van der Waals surface area contributed by atoms with Gasteiger partial charge in [-0.25, -0.2) is 9.18 Å². The van der Waals surface area contributed by atoms with Crippen molar-refractivity contribution < 1.29 is 18.3 Å². The Morgan fingerprint density at radius 3 is 2.92 bits per heavy atom. The molecule has 0 amide bonds. The molecular formula is C16H18FN3O4S. The van der Waals surface area contributed by atoms with Gasteiger partial charge in [-0.15, -0.1) is 5.10 Å². The Morgan fingerprint density at radius 1 is 1.44 bits per heavy atom. The van der Waals surface area contributed by atoms with E-state index in [9.17, 15) is 14.0 Å². The highest BCUT2D eigenvalue weighted by atomic mass is 32.2. The number of esters is 1. The van der Waals surface area contributed by atoms with E-state index in [0.717, 1.165) is 5.75 Å². The van der Waals surface area contributed by atoms with Crippen molar-refractivity contribution in [2.75, 3.05) is 24.7 Å². The number of benzene rings is 1. The molecular weight excluding hydrogens is 349 g/mol. The molecule has 0 aliphatic carbocycles. The van der Waals surface area contributed by atoms with Gasteiger partial charge < -0.3 is 9.15 Å². The fourth-order valence-electron chi connectivity index (χ4n) is 2.54. The minimum absolute atomic E-state index is 0.115. The van der Waals surface area contributed by atoms with Gasteiger partial charge in [0.25, 0.3) is 0 Å². The Balaban J connectivity index is 1.78. The Bertz CT molecular complexity index is 789. The second kappa shape index (κ2) is 7.83. The fraction of sp³-hybridized carbons (Fsp3) is 0.438. The molecule has 7 nitrogen and oxygen atoms in total. The maximum Gasteiger partial charge on any atom is 0.438 e.